The number of rotatable bonds is 2. The third-order valence-electron chi connectivity index (χ3n) is 1.95. The molecule has 0 radical (unpaired) electrons. The number of methoxy groups -OCH3 is 1. The van der Waals surface area contributed by atoms with Crippen molar-refractivity contribution in [3.63, 3.8) is 0 Å². The number of hydrogen-bond acceptors (Lipinski definition) is 6. The summed E-state index contributed by atoms with van der Waals surface area (Å²) in [7, 11) is 1.41. The van der Waals surface area contributed by atoms with Gasteiger partial charge in [-0.1, -0.05) is 0 Å². The molecule has 80 valence electrons. The molecule has 0 aliphatic carbocycles. The minimum absolute atomic E-state index is 0.0299. The van der Waals surface area contributed by atoms with Crippen LogP contribution in [0.25, 0.3) is 11.5 Å². The van der Waals surface area contributed by atoms with Crippen molar-refractivity contribution in [2.24, 2.45) is 0 Å². The first kappa shape index (κ1) is 9.98. The van der Waals surface area contributed by atoms with E-state index < -0.39 is 0 Å². The molecule has 0 aromatic carbocycles. The maximum absolute atomic E-state index is 9.03. The molecular weight excluding hydrogens is 208 g/mol. The van der Waals surface area contributed by atoms with Crippen molar-refractivity contribution in [2.45, 2.75) is 0 Å². The second-order valence-electron chi connectivity index (χ2n) is 2.90. The van der Waals surface area contributed by atoms with Crippen molar-refractivity contribution in [3.8, 4) is 23.4 Å². The molecular formula is C10H8N4O2. The van der Waals surface area contributed by atoms with Gasteiger partial charge in [0, 0.05) is 0 Å². The Balaban J connectivity index is 2.69. The number of ether oxygens (including phenoxy) is 1. The molecule has 0 saturated heterocycles. The first-order valence-corrected chi connectivity index (χ1v) is 4.41. The van der Waals surface area contributed by atoms with Gasteiger partial charge in [-0.15, -0.1) is 0 Å². The molecule has 0 aliphatic rings. The highest BCUT2D eigenvalue weighted by Gasteiger charge is 2.17. The van der Waals surface area contributed by atoms with Gasteiger partial charge in [-0.2, -0.15) is 10.2 Å². The third kappa shape index (κ3) is 1.54. The van der Waals surface area contributed by atoms with Crippen molar-refractivity contribution >= 4 is 5.95 Å². The van der Waals surface area contributed by atoms with Crippen LogP contribution < -0.4 is 10.5 Å². The van der Waals surface area contributed by atoms with Gasteiger partial charge in [0.2, 0.25) is 11.8 Å². The van der Waals surface area contributed by atoms with Crippen LogP contribution >= 0.6 is 0 Å². The lowest BCUT2D eigenvalue weighted by molar-refractivity contribution is 0.396. The maximum atomic E-state index is 9.03. The number of nitrogens with zero attached hydrogens (tertiary/aromatic N) is 3. The van der Waals surface area contributed by atoms with Gasteiger partial charge in [0.05, 0.1) is 13.4 Å². The molecule has 0 saturated carbocycles. The van der Waals surface area contributed by atoms with E-state index in [-0.39, 0.29) is 17.4 Å². The summed E-state index contributed by atoms with van der Waals surface area (Å²) in [4.78, 5) is 7.78. The molecule has 0 atom stereocenters. The average Bonchev–Trinajstić information content (AvgIpc) is 2.81. The number of nitrogens with two attached hydrogens (primary N) is 1. The smallest absolute Gasteiger partial charge is 0.237 e. The lowest BCUT2D eigenvalue weighted by Gasteiger charge is -2.05. The number of nitriles is 1. The molecule has 0 fully saturated rings. The number of nitrogen functional groups attached to an aromatic ring is 1. The summed E-state index contributed by atoms with van der Waals surface area (Å²) < 4.78 is 10.1. The first-order valence-electron chi connectivity index (χ1n) is 4.41. The molecule has 6 nitrogen and oxygen atoms in total. The first-order chi connectivity index (χ1) is 7.76. The Morgan fingerprint density at radius 1 is 1.50 bits per heavy atom. The molecule has 2 aromatic rings. The van der Waals surface area contributed by atoms with Gasteiger partial charge in [0.15, 0.2) is 5.76 Å². The Morgan fingerprint density at radius 3 is 2.88 bits per heavy atom. The van der Waals surface area contributed by atoms with E-state index in [0.29, 0.717) is 11.5 Å². The average molecular weight is 216 g/mol. The lowest BCUT2D eigenvalue weighted by atomic mass is 10.2. The van der Waals surface area contributed by atoms with E-state index in [1.807, 2.05) is 6.07 Å². The van der Waals surface area contributed by atoms with Crippen molar-refractivity contribution < 1.29 is 9.15 Å². The summed E-state index contributed by atoms with van der Waals surface area (Å²) in [6.45, 7) is 0. The van der Waals surface area contributed by atoms with Gasteiger partial charge in [-0.3, -0.25) is 0 Å². The summed E-state index contributed by atoms with van der Waals surface area (Å²) in [6.07, 6.45) is 1.49. The molecule has 6 heteroatoms. The maximum Gasteiger partial charge on any atom is 0.237 e. The fourth-order valence-corrected chi connectivity index (χ4v) is 1.30. The van der Waals surface area contributed by atoms with Gasteiger partial charge in [-0.25, -0.2) is 4.98 Å². The molecule has 16 heavy (non-hydrogen) atoms. The Labute approximate surface area is 91.3 Å². The molecule has 0 bridgehead atoms. The van der Waals surface area contributed by atoms with E-state index in [1.165, 1.54) is 13.4 Å². The zero-order valence-corrected chi connectivity index (χ0v) is 8.47. The van der Waals surface area contributed by atoms with Gasteiger partial charge in [0.25, 0.3) is 0 Å². The Kier molecular flexibility index (Phi) is 2.44. The Hall–Kier alpha value is -2.55. The largest absolute Gasteiger partial charge is 0.480 e. The standard InChI is InChI=1S/C10H8N4O2/c1-15-9-6(5-11)8(13-10(12)14-9)7-3-2-4-16-7/h2-4H,1H3,(H2,12,13,14). The molecule has 2 N–H and O–H groups in total. The van der Waals surface area contributed by atoms with Crippen LogP contribution in [0.1, 0.15) is 5.56 Å². The summed E-state index contributed by atoms with van der Waals surface area (Å²) in [5, 5.41) is 9.03. The molecule has 2 heterocycles. The van der Waals surface area contributed by atoms with Gasteiger partial charge < -0.3 is 14.9 Å². The normalized spacial score (nSPS) is 9.75. The van der Waals surface area contributed by atoms with E-state index in [0.717, 1.165) is 0 Å². The van der Waals surface area contributed by atoms with Gasteiger partial charge >= 0.3 is 0 Å². The van der Waals surface area contributed by atoms with E-state index in [2.05, 4.69) is 9.97 Å². The highest BCUT2D eigenvalue weighted by molar-refractivity contribution is 5.65. The van der Waals surface area contributed by atoms with Crippen LogP contribution in [-0.2, 0) is 0 Å². The molecule has 0 unspecified atom stereocenters. The third-order valence-corrected chi connectivity index (χ3v) is 1.95. The zero-order valence-electron chi connectivity index (χ0n) is 8.47. The Morgan fingerprint density at radius 2 is 2.31 bits per heavy atom. The second kappa shape index (κ2) is 3.90. The van der Waals surface area contributed by atoms with E-state index in [9.17, 15) is 0 Å². The zero-order chi connectivity index (χ0) is 11.5. The topological polar surface area (TPSA) is 98.0 Å². The van der Waals surface area contributed by atoms with Crippen LogP contribution in [0.15, 0.2) is 22.8 Å². The fourth-order valence-electron chi connectivity index (χ4n) is 1.30. The highest BCUT2D eigenvalue weighted by Crippen LogP contribution is 2.27. The molecule has 2 rings (SSSR count). The van der Waals surface area contributed by atoms with E-state index >= 15 is 0 Å². The lowest BCUT2D eigenvalue weighted by Crippen LogP contribution is -2.02. The molecule has 0 spiro atoms. The summed E-state index contributed by atoms with van der Waals surface area (Å²) in [5.41, 5.74) is 6.04. The predicted molar refractivity (Wildman–Crippen MR) is 55.4 cm³/mol. The number of anilines is 1. The van der Waals surface area contributed by atoms with E-state index in [4.69, 9.17) is 20.1 Å². The number of furan rings is 1. The Bertz CT molecular complexity index is 543. The quantitative estimate of drug-likeness (QED) is 0.809. The van der Waals surface area contributed by atoms with Crippen LogP contribution in [0.2, 0.25) is 0 Å². The van der Waals surface area contributed by atoms with Crippen LogP contribution in [0.5, 0.6) is 5.88 Å². The number of aromatic nitrogens is 2. The fraction of sp³-hybridized carbons (Fsp3) is 0.100. The second-order valence-corrected chi connectivity index (χ2v) is 2.90. The SMILES string of the molecule is COc1nc(N)nc(-c2ccco2)c1C#N. The number of hydrogen-bond donors (Lipinski definition) is 1. The van der Waals surface area contributed by atoms with Gasteiger partial charge in [0.1, 0.15) is 17.3 Å². The monoisotopic (exact) mass is 216 g/mol. The molecule has 2 aromatic heterocycles. The van der Waals surface area contributed by atoms with Crippen molar-refractivity contribution in [3.05, 3.63) is 24.0 Å². The van der Waals surface area contributed by atoms with Crippen LogP contribution in [-0.4, -0.2) is 17.1 Å². The minimum atomic E-state index is 0.0299. The van der Waals surface area contributed by atoms with Crippen molar-refractivity contribution in [1.82, 2.24) is 9.97 Å². The molecule has 0 amide bonds. The summed E-state index contributed by atoms with van der Waals surface area (Å²) in [6, 6.07) is 5.34. The van der Waals surface area contributed by atoms with E-state index in [1.54, 1.807) is 12.1 Å². The summed E-state index contributed by atoms with van der Waals surface area (Å²) in [5.74, 6) is 0.618. The predicted octanol–water partition coefficient (Wildman–Crippen LogP) is 1.20. The minimum Gasteiger partial charge on any atom is -0.480 e. The van der Waals surface area contributed by atoms with Gasteiger partial charge in [-0.05, 0) is 12.1 Å². The van der Waals surface area contributed by atoms with Crippen molar-refractivity contribution in [2.75, 3.05) is 12.8 Å². The highest BCUT2D eigenvalue weighted by atomic mass is 16.5. The molecule has 0 aliphatic heterocycles. The van der Waals surface area contributed by atoms with Crippen molar-refractivity contribution in [1.29, 1.82) is 5.26 Å². The van der Waals surface area contributed by atoms with Crippen LogP contribution in [0.3, 0.4) is 0 Å². The summed E-state index contributed by atoms with van der Waals surface area (Å²) >= 11 is 0. The van der Waals surface area contributed by atoms with Crippen LogP contribution in [0.4, 0.5) is 5.95 Å². The van der Waals surface area contributed by atoms with Crippen LogP contribution in [0, 0.1) is 11.3 Å².